The van der Waals surface area contributed by atoms with Crippen LogP contribution < -0.4 is 5.73 Å². The molecule has 2 N–H and O–H groups in total. The van der Waals surface area contributed by atoms with E-state index in [1.165, 1.54) is 33.1 Å². The highest BCUT2D eigenvalue weighted by atomic mass is 32.1. The molecule has 3 aromatic rings. The van der Waals surface area contributed by atoms with Crippen molar-refractivity contribution in [1.29, 1.82) is 0 Å². The van der Waals surface area contributed by atoms with E-state index in [1.807, 2.05) is 12.1 Å². The molecule has 0 bridgehead atoms. The predicted molar refractivity (Wildman–Crippen MR) is 85.0 cm³/mol. The SMILES string of the molecule is Nc1nsc(Cc2ccccc2)c1Cc1ccccc1. The number of nitrogens with zero attached hydrogens (tertiary/aromatic N) is 1. The lowest BCUT2D eigenvalue weighted by Crippen LogP contribution is -1.97. The maximum Gasteiger partial charge on any atom is 0.140 e. The summed E-state index contributed by atoms with van der Waals surface area (Å²) in [5.41, 5.74) is 9.78. The van der Waals surface area contributed by atoms with Crippen LogP contribution in [0.3, 0.4) is 0 Å². The second-order valence-electron chi connectivity index (χ2n) is 4.79. The van der Waals surface area contributed by atoms with Gasteiger partial charge in [0.2, 0.25) is 0 Å². The summed E-state index contributed by atoms with van der Waals surface area (Å²) in [7, 11) is 0. The first-order valence-corrected chi connectivity index (χ1v) is 7.41. The monoisotopic (exact) mass is 280 g/mol. The number of nitrogen functional groups attached to an aromatic ring is 1. The van der Waals surface area contributed by atoms with Crippen LogP contribution >= 0.6 is 11.5 Å². The number of nitrogens with two attached hydrogens (primary N) is 1. The van der Waals surface area contributed by atoms with Gasteiger partial charge in [-0.25, -0.2) is 0 Å². The highest BCUT2D eigenvalue weighted by Crippen LogP contribution is 2.26. The Bertz CT molecular complexity index is 675. The van der Waals surface area contributed by atoms with Gasteiger partial charge in [-0.1, -0.05) is 60.7 Å². The Morgan fingerprint density at radius 1 is 0.800 bits per heavy atom. The van der Waals surface area contributed by atoms with E-state index >= 15 is 0 Å². The van der Waals surface area contributed by atoms with Crippen LogP contribution in [0.4, 0.5) is 5.82 Å². The Labute approximate surface area is 123 Å². The predicted octanol–water partition coefficient (Wildman–Crippen LogP) is 3.91. The van der Waals surface area contributed by atoms with Crippen molar-refractivity contribution in [3.05, 3.63) is 82.2 Å². The Hall–Kier alpha value is -2.13. The lowest BCUT2D eigenvalue weighted by molar-refractivity contribution is 1.13. The molecule has 0 unspecified atom stereocenters. The van der Waals surface area contributed by atoms with Crippen molar-refractivity contribution in [2.75, 3.05) is 5.73 Å². The number of rotatable bonds is 4. The average Bonchev–Trinajstić information content (AvgIpc) is 2.83. The molecule has 0 amide bonds. The molecule has 0 aliphatic rings. The smallest absolute Gasteiger partial charge is 0.140 e. The van der Waals surface area contributed by atoms with Gasteiger partial charge in [0, 0.05) is 23.3 Å². The van der Waals surface area contributed by atoms with Gasteiger partial charge >= 0.3 is 0 Å². The summed E-state index contributed by atoms with van der Waals surface area (Å²) in [5.74, 6) is 0.671. The maximum absolute atomic E-state index is 6.04. The number of benzene rings is 2. The van der Waals surface area contributed by atoms with Gasteiger partial charge in [0.05, 0.1) is 0 Å². The highest BCUT2D eigenvalue weighted by Gasteiger charge is 2.12. The lowest BCUT2D eigenvalue weighted by Gasteiger charge is -2.05. The molecule has 0 fully saturated rings. The van der Waals surface area contributed by atoms with E-state index in [0.717, 1.165) is 12.8 Å². The molecule has 1 aromatic heterocycles. The van der Waals surface area contributed by atoms with Crippen LogP contribution in [0.1, 0.15) is 21.6 Å². The number of aromatic nitrogens is 1. The zero-order valence-electron chi connectivity index (χ0n) is 11.1. The fourth-order valence-corrected chi connectivity index (χ4v) is 3.10. The summed E-state index contributed by atoms with van der Waals surface area (Å²) in [5, 5.41) is 0. The summed E-state index contributed by atoms with van der Waals surface area (Å²) in [6.07, 6.45) is 1.75. The van der Waals surface area contributed by atoms with Crippen LogP contribution in [-0.4, -0.2) is 4.37 Å². The molecule has 20 heavy (non-hydrogen) atoms. The Balaban J connectivity index is 1.86. The summed E-state index contributed by atoms with van der Waals surface area (Å²) >= 11 is 1.52. The van der Waals surface area contributed by atoms with Crippen molar-refractivity contribution >= 4 is 17.4 Å². The number of anilines is 1. The molecular formula is C17H16N2S. The number of hydrogen-bond acceptors (Lipinski definition) is 3. The zero-order chi connectivity index (χ0) is 13.8. The Morgan fingerprint density at radius 2 is 1.35 bits per heavy atom. The first-order chi connectivity index (χ1) is 9.83. The quantitative estimate of drug-likeness (QED) is 0.787. The second-order valence-corrected chi connectivity index (χ2v) is 5.65. The van der Waals surface area contributed by atoms with E-state index in [4.69, 9.17) is 5.73 Å². The van der Waals surface area contributed by atoms with Gasteiger partial charge in [-0.3, -0.25) is 0 Å². The fourth-order valence-electron chi connectivity index (χ4n) is 2.27. The largest absolute Gasteiger partial charge is 0.383 e. The average molecular weight is 280 g/mol. The molecule has 0 radical (unpaired) electrons. The topological polar surface area (TPSA) is 38.9 Å². The van der Waals surface area contributed by atoms with Gasteiger partial charge in [0.25, 0.3) is 0 Å². The van der Waals surface area contributed by atoms with Gasteiger partial charge in [0.1, 0.15) is 5.82 Å². The molecule has 3 rings (SSSR count). The summed E-state index contributed by atoms with van der Waals surface area (Å²) in [4.78, 5) is 1.26. The van der Waals surface area contributed by atoms with Crippen molar-refractivity contribution < 1.29 is 0 Å². The molecule has 0 atom stereocenters. The van der Waals surface area contributed by atoms with Crippen LogP contribution in [0.25, 0.3) is 0 Å². The van der Waals surface area contributed by atoms with Crippen molar-refractivity contribution in [3.63, 3.8) is 0 Å². The Morgan fingerprint density at radius 3 is 1.95 bits per heavy atom. The van der Waals surface area contributed by atoms with Crippen LogP contribution in [0.5, 0.6) is 0 Å². The molecule has 0 saturated heterocycles. The third-order valence-electron chi connectivity index (χ3n) is 3.33. The van der Waals surface area contributed by atoms with E-state index in [0.29, 0.717) is 5.82 Å². The molecule has 0 spiro atoms. The van der Waals surface area contributed by atoms with Gasteiger partial charge in [-0.2, -0.15) is 4.37 Å². The van der Waals surface area contributed by atoms with E-state index in [2.05, 4.69) is 52.9 Å². The minimum Gasteiger partial charge on any atom is -0.383 e. The van der Waals surface area contributed by atoms with Gasteiger partial charge in [-0.15, -0.1) is 0 Å². The lowest BCUT2D eigenvalue weighted by atomic mass is 10.0. The molecule has 0 aliphatic heterocycles. The van der Waals surface area contributed by atoms with Crippen LogP contribution in [0, 0.1) is 0 Å². The van der Waals surface area contributed by atoms with Crippen molar-refractivity contribution in [2.45, 2.75) is 12.8 Å². The normalized spacial score (nSPS) is 10.6. The standard InChI is InChI=1S/C17H16N2S/c18-17-15(11-13-7-3-1-4-8-13)16(20-19-17)12-14-9-5-2-6-10-14/h1-10H,11-12H2,(H2,18,19). The summed E-state index contributed by atoms with van der Waals surface area (Å²) in [6.45, 7) is 0. The minimum absolute atomic E-state index is 0.671. The zero-order valence-corrected chi connectivity index (χ0v) is 11.9. The molecule has 100 valence electrons. The third-order valence-corrected chi connectivity index (χ3v) is 4.23. The van der Waals surface area contributed by atoms with Crippen molar-refractivity contribution in [2.24, 2.45) is 0 Å². The number of hydrogen-bond donors (Lipinski definition) is 1. The van der Waals surface area contributed by atoms with Gasteiger partial charge < -0.3 is 5.73 Å². The summed E-state index contributed by atoms with van der Waals surface area (Å²) in [6, 6.07) is 20.9. The van der Waals surface area contributed by atoms with E-state index in [1.54, 1.807) is 0 Å². The van der Waals surface area contributed by atoms with E-state index in [-0.39, 0.29) is 0 Å². The maximum atomic E-state index is 6.04. The molecule has 2 aromatic carbocycles. The van der Waals surface area contributed by atoms with Crippen molar-refractivity contribution in [3.8, 4) is 0 Å². The van der Waals surface area contributed by atoms with Crippen LogP contribution in [0.2, 0.25) is 0 Å². The van der Waals surface area contributed by atoms with Crippen LogP contribution in [0.15, 0.2) is 60.7 Å². The van der Waals surface area contributed by atoms with Gasteiger partial charge in [-0.05, 0) is 22.7 Å². The third kappa shape index (κ3) is 2.89. The summed E-state index contributed by atoms with van der Waals surface area (Å²) < 4.78 is 4.33. The van der Waals surface area contributed by atoms with Crippen molar-refractivity contribution in [1.82, 2.24) is 4.37 Å². The highest BCUT2D eigenvalue weighted by molar-refractivity contribution is 7.06. The Kier molecular flexibility index (Phi) is 3.79. The van der Waals surface area contributed by atoms with Crippen LogP contribution in [-0.2, 0) is 12.8 Å². The fraction of sp³-hybridized carbons (Fsp3) is 0.118. The molecule has 1 heterocycles. The van der Waals surface area contributed by atoms with E-state index < -0.39 is 0 Å². The second kappa shape index (κ2) is 5.88. The minimum atomic E-state index is 0.671. The van der Waals surface area contributed by atoms with E-state index in [9.17, 15) is 0 Å². The molecule has 3 heteroatoms. The molecule has 0 aliphatic carbocycles. The molecule has 2 nitrogen and oxygen atoms in total. The first kappa shape index (κ1) is 12.9. The molecule has 0 saturated carbocycles. The first-order valence-electron chi connectivity index (χ1n) is 6.63. The van der Waals surface area contributed by atoms with Gasteiger partial charge in [0.15, 0.2) is 0 Å². The molecular weight excluding hydrogens is 264 g/mol.